The molecule has 0 spiro atoms. The second kappa shape index (κ2) is 11.7. The summed E-state index contributed by atoms with van der Waals surface area (Å²) in [6, 6.07) is 2.13. The summed E-state index contributed by atoms with van der Waals surface area (Å²) in [6.45, 7) is 7.33. The quantitative estimate of drug-likeness (QED) is 0.780. The average molecular weight is 392 g/mol. The Kier molecular flexibility index (Phi) is 11.3. The number of aryl methyl sites for hydroxylation is 2. The molecule has 2 rings (SSSR count). The zero-order chi connectivity index (χ0) is 16.8. The van der Waals surface area contributed by atoms with Crippen LogP contribution in [0.2, 0.25) is 0 Å². The van der Waals surface area contributed by atoms with E-state index in [4.69, 9.17) is 10.5 Å². The van der Waals surface area contributed by atoms with Crippen LogP contribution in [0.1, 0.15) is 49.4 Å². The highest BCUT2D eigenvalue weighted by atomic mass is 35.5. The first-order chi connectivity index (χ1) is 11.0. The van der Waals surface area contributed by atoms with E-state index in [9.17, 15) is 4.79 Å². The molecule has 3 atom stereocenters. The van der Waals surface area contributed by atoms with Crippen LogP contribution in [0.3, 0.4) is 0 Å². The number of ether oxygens (including phenoxy) is 1. The monoisotopic (exact) mass is 391 g/mol. The predicted molar refractivity (Wildman–Crippen MR) is 105 cm³/mol. The van der Waals surface area contributed by atoms with Gasteiger partial charge < -0.3 is 15.8 Å². The molecule has 1 fully saturated rings. The predicted octanol–water partition coefficient (Wildman–Crippen LogP) is 3.08. The topological polar surface area (TPSA) is 77.2 Å². The number of hydrogen-bond donors (Lipinski definition) is 2. The Labute approximate surface area is 163 Å². The molecule has 1 aromatic rings. The highest BCUT2D eigenvalue weighted by Crippen LogP contribution is 2.26. The van der Waals surface area contributed by atoms with Gasteiger partial charge in [-0.3, -0.25) is 9.78 Å². The van der Waals surface area contributed by atoms with E-state index >= 15 is 0 Å². The molecule has 0 aromatic carbocycles. The molecule has 0 saturated heterocycles. The number of nitrogens with one attached hydrogen (secondary N) is 1. The number of aromatic nitrogens is 1. The van der Waals surface area contributed by atoms with E-state index in [0.717, 1.165) is 42.5 Å². The molecule has 3 N–H and O–H groups in total. The zero-order valence-electron chi connectivity index (χ0n) is 15.3. The van der Waals surface area contributed by atoms with Gasteiger partial charge in [-0.15, -0.1) is 24.8 Å². The van der Waals surface area contributed by atoms with E-state index in [1.54, 1.807) is 0 Å². The van der Waals surface area contributed by atoms with E-state index in [0.29, 0.717) is 13.2 Å². The molecule has 25 heavy (non-hydrogen) atoms. The zero-order valence-corrected chi connectivity index (χ0v) is 16.9. The third-order valence-corrected chi connectivity index (χ3v) is 4.61. The number of nitrogens with two attached hydrogens (primary N) is 1. The normalized spacial score (nSPS) is 22.5. The van der Waals surface area contributed by atoms with Crippen LogP contribution in [-0.4, -0.2) is 29.6 Å². The van der Waals surface area contributed by atoms with Crippen molar-refractivity contribution in [2.75, 3.05) is 6.61 Å². The van der Waals surface area contributed by atoms with Crippen molar-refractivity contribution in [1.82, 2.24) is 10.3 Å². The molecule has 5 nitrogen and oxygen atoms in total. The molecule has 1 saturated carbocycles. The summed E-state index contributed by atoms with van der Waals surface area (Å²) in [5.41, 5.74) is 9.32. The minimum Gasteiger partial charge on any atom is -0.377 e. The highest BCUT2D eigenvalue weighted by molar-refractivity contribution is 5.85. The maximum atomic E-state index is 12.4. The molecule has 1 aliphatic carbocycles. The van der Waals surface area contributed by atoms with E-state index in [1.807, 2.05) is 20.0 Å². The third-order valence-electron chi connectivity index (χ3n) is 4.61. The van der Waals surface area contributed by atoms with E-state index in [-0.39, 0.29) is 48.8 Å². The number of carbonyl (C=O) groups excluding carboxylic acids is 1. The van der Waals surface area contributed by atoms with Gasteiger partial charge in [0.15, 0.2) is 0 Å². The van der Waals surface area contributed by atoms with E-state index in [2.05, 4.69) is 23.3 Å². The summed E-state index contributed by atoms with van der Waals surface area (Å²) in [6.07, 6.45) is 5.20. The molecular formula is C18H31Cl2N3O2. The second-order valence-electron chi connectivity index (χ2n) is 6.55. The number of hydrogen-bond acceptors (Lipinski definition) is 4. The van der Waals surface area contributed by atoms with Gasteiger partial charge in [0, 0.05) is 37.0 Å². The molecule has 144 valence electrons. The second-order valence-corrected chi connectivity index (χ2v) is 6.55. The molecule has 0 unspecified atom stereocenters. The fourth-order valence-electron chi connectivity index (χ4n) is 2.98. The molecule has 0 bridgehead atoms. The van der Waals surface area contributed by atoms with Gasteiger partial charge in [-0.1, -0.05) is 13.0 Å². The Bertz CT molecular complexity index is 543. The van der Waals surface area contributed by atoms with Crippen molar-refractivity contribution < 1.29 is 9.53 Å². The SMILES string of the molecule is CCCO[C@@H]1C[C@@H](C(=O)NCc2cnc(C)c(C)c2)CC[C@H]1N.Cl.Cl. The summed E-state index contributed by atoms with van der Waals surface area (Å²) >= 11 is 0. The van der Waals surface area contributed by atoms with Crippen LogP contribution in [0.4, 0.5) is 0 Å². The Balaban J connectivity index is 0.00000288. The summed E-state index contributed by atoms with van der Waals surface area (Å²) < 4.78 is 5.80. The van der Waals surface area contributed by atoms with Crippen molar-refractivity contribution in [3.8, 4) is 0 Å². The number of carbonyl (C=O) groups is 1. The minimum atomic E-state index is -0.00355. The van der Waals surface area contributed by atoms with Crippen molar-refractivity contribution in [2.24, 2.45) is 11.7 Å². The van der Waals surface area contributed by atoms with E-state index in [1.165, 1.54) is 0 Å². The first kappa shape index (κ1) is 24.1. The summed E-state index contributed by atoms with van der Waals surface area (Å²) in [5.74, 6) is 0.0939. The lowest BCUT2D eigenvalue weighted by atomic mass is 9.83. The van der Waals surface area contributed by atoms with Crippen LogP contribution in [0.15, 0.2) is 12.3 Å². The molecule has 7 heteroatoms. The Morgan fingerprint density at radius 1 is 1.36 bits per heavy atom. The van der Waals surface area contributed by atoms with Gasteiger partial charge in [0.05, 0.1) is 6.10 Å². The first-order valence-electron chi connectivity index (χ1n) is 8.58. The molecule has 0 aliphatic heterocycles. The lowest BCUT2D eigenvalue weighted by Gasteiger charge is -2.33. The standard InChI is InChI=1S/C18H29N3O2.2ClH/c1-4-7-23-17-9-15(5-6-16(17)19)18(22)21-11-14-8-12(2)13(3)20-10-14;;/h8,10,15-17H,4-7,9,11,19H2,1-3H3,(H,21,22);2*1H/t15-,16+,17+;;/m0../s1. The number of rotatable bonds is 6. The first-order valence-corrected chi connectivity index (χ1v) is 8.58. The van der Waals surface area contributed by atoms with Gasteiger partial charge in [-0.25, -0.2) is 0 Å². The Hall–Kier alpha value is -0.880. The van der Waals surface area contributed by atoms with Crippen molar-refractivity contribution >= 4 is 30.7 Å². The summed E-state index contributed by atoms with van der Waals surface area (Å²) in [4.78, 5) is 16.8. The van der Waals surface area contributed by atoms with Crippen molar-refractivity contribution in [3.05, 3.63) is 29.1 Å². The van der Waals surface area contributed by atoms with Crippen LogP contribution in [-0.2, 0) is 16.1 Å². The van der Waals surface area contributed by atoms with Gasteiger partial charge in [0.1, 0.15) is 0 Å². The lowest BCUT2D eigenvalue weighted by molar-refractivity contribution is -0.128. The molecule has 1 aliphatic rings. The lowest BCUT2D eigenvalue weighted by Crippen LogP contribution is -2.45. The average Bonchev–Trinajstić information content (AvgIpc) is 2.55. The number of halogens is 2. The highest BCUT2D eigenvalue weighted by Gasteiger charge is 2.32. The maximum Gasteiger partial charge on any atom is 0.223 e. The number of nitrogens with zero attached hydrogens (tertiary/aromatic N) is 1. The van der Waals surface area contributed by atoms with Crippen molar-refractivity contribution in [2.45, 2.75) is 65.1 Å². The van der Waals surface area contributed by atoms with Crippen molar-refractivity contribution in [1.29, 1.82) is 0 Å². The van der Waals surface area contributed by atoms with Gasteiger partial charge >= 0.3 is 0 Å². The smallest absolute Gasteiger partial charge is 0.223 e. The molecule has 1 heterocycles. The van der Waals surface area contributed by atoms with Gasteiger partial charge in [0.25, 0.3) is 0 Å². The van der Waals surface area contributed by atoms with Gasteiger partial charge in [-0.05, 0) is 50.7 Å². The molecule has 0 radical (unpaired) electrons. The molecular weight excluding hydrogens is 361 g/mol. The minimum absolute atomic E-state index is 0. The number of amides is 1. The summed E-state index contributed by atoms with van der Waals surface area (Å²) in [5, 5.41) is 3.03. The number of pyridine rings is 1. The summed E-state index contributed by atoms with van der Waals surface area (Å²) in [7, 11) is 0. The van der Waals surface area contributed by atoms with Crippen LogP contribution in [0, 0.1) is 19.8 Å². The third kappa shape index (κ3) is 7.10. The van der Waals surface area contributed by atoms with Crippen LogP contribution >= 0.6 is 24.8 Å². The van der Waals surface area contributed by atoms with Gasteiger partial charge in [0.2, 0.25) is 5.91 Å². The Morgan fingerprint density at radius 2 is 2.08 bits per heavy atom. The van der Waals surface area contributed by atoms with Gasteiger partial charge in [-0.2, -0.15) is 0 Å². The fourth-order valence-corrected chi connectivity index (χ4v) is 2.98. The van der Waals surface area contributed by atoms with E-state index < -0.39 is 0 Å². The van der Waals surface area contributed by atoms with Crippen LogP contribution < -0.4 is 11.1 Å². The van der Waals surface area contributed by atoms with Crippen LogP contribution in [0.5, 0.6) is 0 Å². The van der Waals surface area contributed by atoms with Crippen molar-refractivity contribution in [3.63, 3.8) is 0 Å². The molecule has 1 aromatic heterocycles. The largest absolute Gasteiger partial charge is 0.377 e. The Morgan fingerprint density at radius 3 is 2.72 bits per heavy atom. The maximum absolute atomic E-state index is 12.4. The molecule has 1 amide bonds. The van der Waals surface area contributed by atoms with Crippen LogP contribution in [0.25, 0.3) is 0 Å². The fraction of sp³-hybridized carbons (Fsp3) is 0.667.